The van der Waals surface area contributed by atoms with Crippen molar-refractivity contribution >= 4 is 0 Å². The van der Waals surface area contributed by atoms with Crippen molar-refractivity contribution in [3.63, 3.8) is 0 Å². The molecule has 0 aromatic carbocycles. The Kier molecular flexibility index (Phi) is 3.36. The van der Waals surface area contributed by atoms with Crippen LogP contribution in [0.2, 0.25) is 0 Å². The lowest BCUT2D eigenvalue weighted by molar-refractivity contribution is 0.0319. The molecule has 2 heteroatoms. The number of hydrogen-bond donors (Lipinski definition) is 1. The number of likely N-dealkylation sites (tertiary alicyclic amines) is 1. The fourth-order valence-corrected chi connectivity index (χ4v) is 3.20. The van der Waals surface area contributed by atoms with Gasteiger partial charge in [0.2, 0.25) is 0 Å². The van der Waals surface area contributed by atoms with Gasteiger partial charge in [-0.05, 0) is 50.5 Å². The highest BCUT2D eigenvalue weighted by Gasteiger charge is 2.32. The molecule has 1 N–H and O–H groups in total. The fourth-order valence-electron chi connectivity index (χ4n) is 3.20. The van der Waals surface area contributed by atoms with Gasteiger partial charge in [-0.3, -0.25) is 4.90 Å². The second kappa shape index (κ2) is 4.42. The highest BCUT2D eigenvalue weighted by atomic mass is 16.3. The van der Waals surface area contributed by atoms with Crippen LogP contribution in [0.4, 0.5) is 0 Å². The Hall–Kier alpha value is -0.0800. The summed E-state index contributed by atoms with van der Waals surface area (Å²) in [4.78, 5) is 2.68. The van der Waals surface area contributed by atoms with E-state index in [1.54, 1.807) is 0 Å². The fraction of sp³-hybridized carbons (Fsp3) is 1.00. The normalized spacial score (nSPS) is 37.8. The SMILES string of the molecule is CC1(C)CCCN(C2CCC(O)CC2)C1. The van der Waals surface area contributed by atoms with Gasteiger partial charge in [-0.25, -0.2) is 0 Å². The number of nitrogens with zero attached hydrogens (tertiary/aromatic N) is 1. The maximum absolute atomic E-state index is 9.51. The van der Waals surface area contributed by atoms with E-state index in [0.717, 1.165) is 18.9 Å². The molecule has 1 saturated heterocycles. The van der Waals surface area contributed by atoms with E-state index in [1.807, 2.05) is 0 Å². The Morgan fingerprint density at radius 2 is 1.80 bits per heavy atom. The molecule has 88 valence electrons. The van der Waals surface area contributed by atoms with E-state index in [2.05, 4.69) is 18.7 Å². The molecule has 2 rings (SSSR count). The van der Waals surface area contributed by atoms with E-state index in [1.165, 1.54) is 38.8 Å². The van der Waals surface area contributed by atoms with Gasteiger partial charge in [0.1, 0.15) is 0 Å². The number of piperidine rings is 1. The minimum absolute atomic E-state index is 0.0148. The lowest BCUT2D eigenvalue weighted by Crippen LogP contribution is -2.47. The number of rotatable bonds is 1. The van der Waals surface area contributed by atoms with Gasteiger partial charge in [0.15, 0.2) is 0 Å². The molecule has 0 radical (unpaired) electrons. The summed E-state index contributed by atoms with van der Waals surface area (Å²) in [6.07, 6.45) is 7.15. The van der Waals surface area contributed by atoms with Crippen LogP contribution in [-0.2, 0) is 0 Å². The van der Waals surface area contributed by atoms with Crippen LogP contribution in [0.15, 0.2) is 0 Å². The van der Waals surface area contributed by atoms with Crippen LogP contribution in [0.5, 0.6) is 0 Å². The molecule has 1 heterocycles. The smallest absolute Gasteiger partial charge is 0.0541 e. The molecule has 0 bridgehead atoms. The van der Waals surface area contributed by atoms with Gasteiger partial charge >= 0.3 is 0 Å². The highest BCUT2D eigenvalue weighted by molar-refractivity contribution is 4.86. The van der Waals surface area contributed by atoms with Gasteiger partial charge in [-0.2, -0.15) is 0 Å². The zero-order valence-electron chi connectivity index (χ0n) is 10.2. The van der Waals surface area contributed by atoms with Crippen LogP contribution in [0.25, 0.3) is 0 Å². The quantitative estimate of drug-likeness (QED) is 0.720. The number of aliphatic hydroxyl groups excluding tert-OH is 1. The molecular weight excluding hydrogens is 186 g/mol. The maximum Gasteiger partial charge on any atom is 0.0541 e. The molecule has 0 unspecified atom stereocenters. The van der Waals surface area contributed by atoms with Crippen molar-refractivity contribution in [3.05, 3.63) is 0 Å². The summed E-state index contributed by atoms with van der Waals surface area (Å²) in [6.45, 7) is 7.31. The predicted octanol–water partition coefficient (Wildman–Crippen LogP) is 2.41. The summed E-state index contributed by atoms with van der Waals surface area (Å²) >= 11 is 0. The summed E-state index contributed by atoms with van der Waals surface area (Å²) in [6, 6.07) is 0.757. The van der Waals surface area contributed by atoms with Gasteiger partial charge in [0, 0.05) is 12.6 Å². The molecule has 1 aliphatic heterocycles. The molecule has 1 saturated carbocycles. The predicted molar refractivity (Wildman–Crippen MR) is 62.9 cm³/mol. The summed E-state index contributed by atoms with van der Waals surface area (Å²) in [7, 11) is 0. The Balaban J connectivity index is 1.88. The first kappa shape index (κ1) is 11.4. The monoisotopic (exact) mass is 211 g/mol. The lowest BCUT2D eigenvalue weighted by atomic mass is 9.82. The zero-order chi connectivity index (χ0) is 10.9. The van der Waals surface area contributed by atoms with Gasteiger partial charge in [-0.15, -0.1) is 0 Å². The third-order valence-electron chi connectivity index (χ3n) is 4.11. The molecular formula is C13H25NO. The largest absolute Gasteiger partial charge is 0.393 e. The van der Waals surface area contributed by atoms with E-state index < -0.39 is 0 Å². The Morgan fingerprint density at radius 1 is 1.13 bits per heavy atom. The summed E-state index contributed by atoms with van der Waals surface area (Å²) in [5.41, 5.74) is 0.508. The van der Waals surface area contributed by atoms with E-state index in [9.17, 15) is 5.11 Å². The van der Waals surface area contributed by atoms with E-state index >= 15 is 0 Å². The zero-order valence-corrected chi connectivity index (χ0v) is 10.2. The van der Waals surface area contributed by atoms with Crippen molar-refractivity contribution in [3.8, 4) is 0 Å². The molecule has 2 aliphatic rings. The molecule has 1 aliphatic carbocycles. The van der Waals surface area contributed by atoms with Crippen LogP contribution >= 0.6 is 0 Å². The molecule has 15 heavy (non-hydrogen) atoms. The minimum atomic E-state index is -0.0148. The maximum atomic E-state index is 9.51. The molecule has 2 fully saturated rings. The van der Waals surface area contributed by atoms with Crippen molar-refractivity contribution in [2.45, 2.75) is 64.5 Å². The summed E-state index contributed by atoms with van der Waals surface area (Å²) < 4.78 is 0. The Bertz CT molecular complexity index is 207. The lowest BCUT2D eigenvalue weighted by Gasteiger charge is -2.44. The van der Waals surface area contributed by atoms with Crippen molar-refractivity contribution < 1.29 is 5.11 Å². The molecule has 0 amide bonds. The van der Waals surface area contributed by atoms with Crippen LogP contribution in [0.3, 0.4) is 0 Å². The summed E-state index contributed by atoms with van der Waals surface area (Å²) in [5.74, 6) is 0. The molecule has 2 nitrogen and oxygen atoms in total. The summed E-state index contributed by atoms with van der Waals surface area (Å²) in [5, 5.41) is 9.51. The van der Waals surface area contributed by atoms with Crippen molar-refractivity contribution in [2.75, 3.05) is 13.1 Å². The van der Waals surface area contributed by atoms with Gasteiger partial charge < -0.3 is 5.11 Å². The van der Waals surface area contributed by atoms with Crippen LogP contribution in [0.1, 0.15) is 52.4 Å². The third-order valence-corrected chi connectivity index (χ3v) is 4.11. The molecule has 0 aromatic rings. The first-order valence-corrected chi connectivity index (χ1v) is 6.49. The van der Waals surface area contributed by atoms with E-state index in [4.69, 9.17) is 0 Å². The van der Waals surface area contributed by atoms with Crippen molar-refractivity contribution in [2.24, 2.45) is 5.41 Å². The third kappa shape index (κ3) is 2.94. The van der Waals surface area contributed by atoms with Gasteiger partial charge in [-0.1, -0.05) is 13.8 Å². The van der Waals surface area contributed by atoms with E-state index in [0.29, 0.717) is 5.41 Å². The van der Waals surface area contributed by atoms with Crippen LogP contribution < -0.4 is 0 Å². The standard InChI is InChI=1S/C13H25NO/c1-13(2)8-3-9-14(10-13)11-4-6-12(15)7-5-11/h11-12,15H,3-10H2,1-2H3. The van der Waals surface area contributed by atoms with E-state index in [-0.39, 0.29) is 6.10 Å². The van der Waals surface area contributed by atoms with Gasteiger partial charge in [0.25, 0.3) is 0 Å². The first-order chi connectivity index (χ1) is 7.07. The van der Waals surface area contributed by atoms with Gasteiger partial charge in [0.05, 0.1) is 6.10 Å². The van der Waals surface area contributed by atoms with Crippen LogP contribution in [-0.4, -0.2) is 35.2 Å². The molecule has 0 spiro atoms. The Morgan fingerprint density at radius 3 is 2.40 bits per heavy atom. The average Bonchev–Trinajstić information content (AvgIpc) is 2.17. The van der Waals surface area contributed by atoms with Crippen LogP contribution in [0, 0.1) is 5.41 Å². The average molecular weight is 211 g/mol. The minimum Gasteiger partial charge on any atom is -0.393 e. The second-order valence-electron chi connectivity index (χ2n) is 6.20. The molecule has 0 atom stereocenters. The first-order valence-electron chi connectivity index (χ1n) is 6.49. The highest BCUT2D eigenvalue weighted by Crippen LogP contribution is 2.33. The van der Waals surface area contributed by atoms with Crippen molar-refractivity contribution in [1.29, 1.82) is 0 Å². The van der Waals surface area contributed by atoms with Crippen molar-refractivity contribution in [1.82, 2.24) is 4.90 Å². The molecule has 0 aromatic heterocycles. The Labute approximate surface area is 93.7 Å². The number of aliphatic hydroxyl groups is 1. The second-order valence-corrected chi connectivity index (χ2v) is 6.20. The topological polar surface area (TPSA) is 23.5 Å². The number of hydrogen-bond acceptors (Lipinski definition) is 2.